The molecule has 3 aromatic rings. The molecule has 0 radical (unpaired) electrons. The van der Waals surface area contributed by atoms with Crippen molar-refractivity contribution in [1.82, 2.24) is 10.6 Å². The van der Waals surface area contributed by atoms with Gasteiger partial charge in [-0.2, -0.15) is 13.2 Å². The van der Waals surface area contributed by atoms with Crippen LogP contribution in [0.3, 0.4) is 0 Å². The molecule has 13 heteroatoms. The summed E-state index contributed by atoms with van der Waals surface area (Å²) >= 11 is 0. The Labute approximate surface area is 261 Å². The Balaban J connectivity index is 1.39. The maximum Gasteiger partial charge on any atom is 0.416 e. The Morgan fingerprint density at radius 2 is 1.69 bits per heavy atom. The van der Waals surface area contributed by atoms with Gasteiger partial charge in [0.2, 0.25) is 10.0 Å². The van der Waals surface area contributed by atoms with E-state index in [2.05, 4.69) is 20.4 Å². The summed E-state index contributed by atoms with van der Waals surface area (Å²) in [7, 11) is -2.10. The van der Waals surface area contributed by atoms with Gasteiger partial charge in [0, 0.05) is 51.9 Å². The molecule has 3 N–H and O–H groups in total. The molecule has 0 aromatic heterocycles. The smallest absolute Gasteiger partial charge is 0.390 e. The maximum absolute atomic E-state index is 13.8. The second kappa shape index (κ2) is 13.3. The molecular weight excluding hydrogens is 607 g/mol. The molecule has 0 aliphatic carbocycles. The monoisotopic (exact) mass is 645 g/mol. The number of anilines is 3. The first-order chi connectivity index (χ1) is 21.4. The number of aliphatic hydroxyl groups excluding tert-OH is 1. The number of hydrogen-bond acceptors (Lipinski definition) is 7. The summed E-state index contributed by atoms with van der Waals surface area (Å²) in [6.07, 6.45) is -5.26. The predicted molar refractivity (Wildman–Crippen MR) is 169 cm³/mol. The fourth-order valence-corrected chi connectivity index (χ4v) is 7.01. The Morgan fingerprint density at radius 1 is 0.978 bits per heavy atom. The highest BCUT2D eigenvalue weighted by molar-refractivity contribution is 7.92. The number of carbonyl (C=O) groups excluding carboxylic acids is 1. The lowest BCUT2D eigenvalue weighted by Gasteiger charge is -2.39. The lowest BCUT2D eigenvalue weighted by molar-refractivity contribution is -0.137. The number of likely N-dealkylation sites (N-methyl/N-ethyl adjacent to an activating group) is 1. The molecule has 242 valence electrons. The van der Waals surface area contributed by atoms with Crippen LogP contribution in [0.5, 0.6) is 0 Å². The highest BCUT2D eigenvalue weighted by Crippen LogP contribution is 2.44. The molecule has 9 nitrogen and oxygen atoms in total. The third-order valence-corrected chi connectivity index (χ3v) is 10.1. The van der Waals surface area contributed by atoms with Gasteiger partial charge in [0.05, 0.1) is 40.5 Å². The fraction of sp³-hybridized carbons (Fsp3) is 0.406. The van der Waals surface area contributed by atoms with Gasteiger partial charge in [-0.05, 0) is 42.7 Å². The van der Waals surface area contributed by atoms with Crippen LogP contribution < -0.4 is 24.7 Å². The van der Waals surface area contributed by atoms with E-state index in [4.69, 9.17) is 0 Å². The van der Waals surface area contributed by atoms with Gasteiger partial charge in [0.1, 0.15) is 0 Å². The summed E-state index contributed by atoms with van der Waals surface area (Å²) in [4.78, 5) is 18.0. The van der Waals surface area contributed by atoms with Crippen molar-refractivity contribution in [1.29, 1.82) is 0 Å². The number of benzene rings is 3. The maximum atomic E-state index is 13.8. The van der Waals surface area contributed by atoms with Gasteiger partial charge in [0.25, 0.3) is 5.91 Å². The van der Waals surface area contributed by atoms with Crippen molar-refractivity contribution in [2.24, 2.45) is 0 Å². The van der Waals surface area contributed by atoms with Crippen LogP contribution in [0.15, 0.2) is 66.7 Å². The number of rotatable bonds is 10. The topological polar surface area (TPSA) is 105 Å². The zero-order valence-corrected chi connectivity index (χ0v) is 26.0. The second-order valence-corrected chi connectivity index (χ2v) is 13.5. The van der Waals surface area contributed by atoms with Crippen molar-refractivity contribution < 1.29 is 31.5 Å². The van der Waals surface area contributed by atoms with Gasteiger partial charge >= 0.3 is 6.18 Å². The average molecular weight is 646 g/mol. The molecule has 2 aliphatic rings. The largest absolute Gasteiger partial charge is 0.416 e. The molecule has 0 saturated heterocycles. The summed E-state index contributed by atoms with van der Waals surface area (Å²) in [6.45, 7) is 4.48. The number of aliphatic hydroxyl groups is 1. The van der Waals surface area contributed by atoms with Crippen molar-refractivity contribution in [2.75, 3.05) is 59.6 Å². The molecule has 0 saturated carbocycles. The number of nitrogens with zero attached hydrogens (tertiary/aromatic N) is 3. The van der Waals surface area contributed by atoms with E-state index < -0.39 is 39.8 Å². The minimum absolute atomic E-state index is 0.00299. The van der Waals surface area contributed by atoms with Gasteiger partial charge in [-0.15, -0.1) is 0 Å². The van der Waals surface area contributed by atoms with Crippen molar-refractivity contribution in [3.63, 3.8) is 0 Å². The molecule has 0 unspecified atom stereocenters. The highest BCUT2D eigenvalue weighted by Gasteiger charge is 2.35. The van der Waals surface area contributed by atoms with Gasteiger partial charge in [-0.3, -0.25) is 9.10 Å². The predicted octanol–water partition coefficient (Wildman–Crippen LogP) is 3.62. The number of halogens is 3. The Morgan fingerprint density at radius 3 is 2.40 bits per heavy atom. The molecule has 45 heavy (non-hydrogen) atoms. The van der Waals surface area contributed by atoms with Crippen LogP contribution in [-0.2, 0) is 29.2 Å². The van der Waals surface area contributed by atoms with E-state index >= 15 is 0 Å². The Hall–Kier alpha value is -3.81. The molecule has 0 bridgehead atoms. The average Bonchev–Trinajstić information content (AvgIpc) is 3.11. The van der Waals surface area contributed by atoms with Gasteiger partial charge in [0.15, 0.2) is 0 Å². The first kappa shape index (κ1) is 32.6. The van der Waals surface area contributed by atoms with Crippen LogP contribution in [0.2, 0.25) is 0 Å². The van der Waals surface area contributed by atoms with Gasteiger partial charge < -0.3 is 25.5 Å². The summed E-state index contributed by atoms with van der Waals surface area (Å²) in [6, 6.07) is 16.9. The Kier molecular flexibility index (Phi) is 9.61. The highest BCUT2D eigenvalue weighted by atomic mass is 32.2. The molecular formula is C32H38F3N5O4S. The molecule has 0 fully saturated rings. The first-order valence-corrected chi connectivity index (χ1v) is 16.5. The number of carbonyl (C=O) groups is 1. The summed E-state index contributed by atoms with van der Waals surface area (Å²) in [5, 5.41) is 17.2. The minimum Gasteiger partial charge on any atom is -0.390 e. The third-order valence-electron chi connectivity index (χ3n) is 8.40. The van der Waals surface area contributed by atoms with E-state index in [1.807, 2.05) is 37.3 Å². The number of amides is 1. The first-order valence-electron chi connectivity index (χ1n) is 14.9. The van der Waals surface area contributed by atoms with Crippen LogP contribution >= 0.6 is 0 Å². The standard InChI is InChI=1S/C32H38F3N5O4S/c1-3-39-12-13-40-14-15-45(43,44)38(2)27-18-24(19-28(39)30(27)40)31(42)37-26(17-22-8-5-4-6-9-22)29(41)21-36-20-23-10-7-11-25(16-23)32(33,34)35/h4-11,16,18-19,26,29,36,41H,3,12-15,17,20-21H2,1-2H3,(H,37,42)/t26-,29+/m0/s1. The van der Waals surface area contributed by atoms with Crippen molar-refractivity contribution in [3.05, 3.63) is 89.0 Å². The zero-order valence-electron chi connectivity index (χ0n) is 25.2. The van der Waals surface area contributed by atoms with Crippen LogP contribution in [0, 0.1) is 0 Å². The van der Waals surface area contributed by atoms with E-state index in [0.717, 1.165) is 29.1 Å². The molecule has 3 aromatic carbocycles. The summed E-state index contributed by atoms with van der Waals surface area (Å²) in [5.41, 5.74) is 2.77. The molecule has 1 amide bonds. The van der Waals surface area contributed by atoms with E-state index in [1.165, 1.54) is 17.4 Å². The number of alkyl halides is 3. The summed E-state index contributed by atoms with van der Waals surface area (Å²) in [5.74, 6) is -0.514. The molecule has 5 rings (SSSR count). The molecule has 2 atom stereocenters. The molecule has 0 spiro atoms. The van der Waals surface area contributed by atoms with Crippen molar-refractivity contribution >= 4 is 33.0 Å². The third kappa shape index (κ3) is 7.37. The minimum atomic E-state index is -4.46. The van der Waals surface area contributed by atoms with Crippen LogP contribution in [0.1, 0.15) is 34.0 Å². The van der Waals surface area contributed by atoms with Crippen molar-refractivity contribution in [3.8, 4) is 0 Å². The lowest BCUT2D eigenvalue weighted by Crippen LogP contribution is -2.48. The number of hydrogen-bond donors (Lipinski definition) is 3. The zero-order chi connectivity index (χ0) is 32.4. The van der Waals surface area contributed by atoms with Crippen LogP contribution in [0.4, 0.5) is 30.2 Å². The second-order valence-electron chi connectivity index (χ2n) is 11.4. The quantitative estimate of drug-likeness (QED) is 0.310. The van der Waals surface area contributed by atoms with Crippen LogP contribution in [0.25, 0.3) is 0 Å². The van der Waals surface area contributed by atoms with E-state index in [1.54, 1.807) is 18.2 Å². The van der Waals surface area contributed by atoms with Gasteiger partial charge in [-0.1, -0.05) is 48.5 Å². The molecule has 2 aliphatic heterocycles. The van der Waals surface area contributed by atoms with E-state index in [0.29, 0.717) is 43.9 Å². The number of nitrogens with one attached hydrogen (secondary N) is 2. The van der Waals surface area contributed by atoms with Crippen LogP contribution in [-0.4, -0.2) is 77.1 Å². The molecule has 2 heterocycles. The Bertz CT molecular complexity index is 1620. The summed E-state index contributed by atoms with van der Waals surface area (Å²) < 4.78 is 66.7. The fourth-order valence-electron chi connectivity index (χ4n) is 5.85. The number of sulfonamides is 1. The normalized spacial score (nSPS) is 17.3. The lowest BCUT2D eigenvalue weighted by atomic mass is 9.99. The van der Waals surface area contributed by atoms with E-state index in [9.17, 15) is 31.5 Å². The van der Waals surface area contributed by atoms with E-state index in [-0.39, 0.29) is 24.4 Å². The SMILES string of the molecule is CCN1CCN2CCS(=O)(=O)N(C)c3cc(C(=O)N[C@@H](Cc4ccccc4)[C@H](O)CNCc4cccc(C(F)(F)F)c4)cc1c32. The van der Waals surface area contributed by atoms with Gasteiger partial charge in [-0.25, -0.2) is 8.42 Å². The van der Waals surface area contributed by atoms with Crippen molar-refractivity contribution in [2.45, 2.75) is 38.2 Å².